The molecule has 0 bridgehead atoms. The first-order chi connectivity index (χ1) is 12.9. The number of hydrogen-bond acceptors (Lipinski definition) is 6. The summed E-state index contributed by atoms with van der Waals surface area (Å²) in [6, 6.07) is 11.2. The summed E-state index contributed by atoms with van der Waals surface area (Å²) in [7, 11) is 0. The number of nitro groups is 1. The number of nitrogens with one attached hydrogen (secondary N) is 3. The first-order valence-corrected chi connectivity index (χ1v) is 8.84. The van der Waals surface area contributed by atoms with Gasteiger partial charge in [0.15, 0.2) is 5.16 Å². The molecule has 1 heterocycles. The van der Waals surface area contributed by atoms with E-state index in [1.165, 1.54) is 30.8 Å². The molecule has 3 N–H and O–H groups in total. The Morgan fingerprint density at radius 3 is 2.63 bits per heavy atom. The predicted octanol–water partition coefficient (Wildman–Crippen LogP) is 3.16. The van der Waals surface area contributed by atoms with Crippen molar-refractivity contribution in [3.8, 4) is 0 Å². The molecule has 3 aromatic rings. The zero-order valence-electron chi connectivity index (χ0n) is 14.2. The zero-order chi connectivity index (χ0) is 19.4. The van der Waals surface area contributed by atoms with Gasteiger partial charge in [0.2, 0.25) is 11.8 Å². The molecule has 0 aliphatic heterocycles. The number of rotatable bonds is 6. The van der Waals surface area contributed by atoms with Crippen molar-refractivity contribution in [3.05, 3.63) is 52.6 Å². The van der Waals surface area contributed by atoms with Crippen LogP contribution in [0.5, 0.6) is 0 Å². The van der Waals surface area contributed by atoms with Gasteiger partial charge in [-0.15, -0.1) is 0 Å². The first kappa shape index (κ1) is 18.4. The Balaban J connectivity index is 1.61. The summed E-state index contributed by atoms with van der Waals surface area (Å²) >= 11 is 1.18. The molecule has 0 aliphatic rings. The lowest BCUT2D eigenvalue weighted by Gasteiger charge is -2.07. The van der Waals surface area contributed by atoms with E-state index in [0.717, 1.165) is 0 Å². The Labute approximate surface area is 157 Å². The van der Waals surface area contributed by atoms with Crippen molar-refractivity contribution in [3.63, 3.8) is 0 Å². The Hall–Kier alpha value is -3.40. The summed E-state index contributed by atoms with van der Waals surface area (Å²) < 4.78 is 0. The van der Waals surface area contributed by atoms with Gasteiger partial charge >= 0.3 is 0 Å². The third-order valence-electron chi connectivity index (χ3n) is 3.46. The van der Waals surface area contributed by atoms with Crippen LogP contribution in [-0.2, 0) is 9.59 Å². The summed E-state index contributed by atoms with van der Waals surface area (Å²) in [5.74, 6) is -0.336. The number of hydrogen-bond donors (Lipinski definition) is 3. The summed E-state index contributed by atoms with van der Waals surface area (Å²) in [5.41, 5.74) is 2.25. The summed E-state index contributed by atoms with van der Waals surface area (Å²) in [6.07, 6.45) is 0. The van der Waals surface area contributed by atoms with Crippen LogP contribution in [0.25, 0.3) is 11.0 Å². The van der Waals surface area contributed by atoms with Gasteiger partial charge in [0.05, 0.1) is 21.7 Å². The second kappa shape index (κ2) is 7.87. The molecule has 2 aromatic carbocycles. The predicted molar refractivity (Wildman–Crippen MR) is 103 cm³/mol. The lowest BCUT2D eigenvalue weighted by atomic mass is 10.2. The van der Waals surface area contributed by atoms with Crippen molar-refractivity contribution in [2.45, 2.75) is 12.1 Å². The van der Waals surface area contributed by atoms with Gasteiger partial charge in [0.25, 0.3) is 5.69 Å². The number of thioether (sulfide) groups is 1. The van der Waals surface area contributed by atoms with Crippen LogP contribution in [-0.4, -0.2) is 32.5 Å². The normalized spacial score (nSPS) is 10.6. The van der Waals surface area contributed by atoms with Gasteiger partial charge in [-0.2, -0.15) is 0 Å². The van der Waals surface area contributed by atoms with E-state index in [1.807, 2.05) is 0 Å². The molecule has 0 aliphatic carbocycles. The van der Waals surface area contributed by atoms with Crippen LogP contribution >= 0.6 is 11.8 Å². The summed E-state index contributed by atoms with van der Waals surface area (Å²) in [4.78, 5) is 40.8. The molecule has 10 heteroatoms. The largest absolute Gasteiger partial charge is 0.333 e. The smallest absolute Gasteiger partial charge is 0.271 e. The van der Waals surface area contributed by atoms with Gasteiger partial charge in [-0.05, 0) is 24.3 Å². The highest BCUT2D eigenvalue weighted by molar-refractivity contribution is 7.99. The average molecular weight is 385 g/mol. The number of nitrogens with zero attached hydrogens (tertiary/aromatic N) is 2. The molecule has 27 heavy (non-hydrogen) atoms. The lowest BCUT2D eigenvalue weighted by molar-refractivity contribution is -0.384. The Bertz CT molecular complexity index is 1030. The molecule has 9 nitrogen and oxygen atoms in total. The number of amides is 2. The molecular formula is C17H15N5O4S. The molecule has 0 saturated heterocycles. The minimum atomic E-state index is -0.477. The van der Waals surface area contributed by atoms with Gasteiger partial charge in [-0.1, -0.05) is 17.8 Å². The zero-order valence-corrected chi connectivity index (χ0v) is 15.0. The third-order valence-corrected chi connectivity index (χ3v) is 4.33. The highest BCUT2D eigenvalue weighted by Gasteiger charge is 2.11. The van der Waals surface area contributed by atoms with Crippen LogP contribution in [0, 0.1) is 10.1 Å². The van der Waals surface area contributed by atoms with Crippen molar-refractivity contribution in [2.24, 2.45) is 0 Å². The fourth-order valence-corrected chi connectivity index (χ4v) is 3.05. The van der Waals surface area contributed by atoms with Crippen molar-refractivity contribution < 1.29 is 14.5 Å². The third kappa shape index (κ3) is 4.82. The van der Waals surface area contributed by atoms with Crippen LogP contribution in [0.3, 0.4) is 0 Å². The van der Waals surface area contributed by atoms with Gasteiger partial charge < -0.3 is 15.6 Å². The van der Waals surface area contributed by atoms with Crippen LogP contribution < -0.4 is 10.6 Å². The molecule has 0 saturated carbocycles. The van der Waals surface area contributed by atoms with Crippen LogP contribution in [0.4, 0.5) is 17.1 Å². The quantitative estimate of drug-likeness (QED) is 0.339. The lowest BCUT2D eigenvalue weighted by Crippen LogP contribution is -2.14. The van der Waals surface area contributed by atoms with Crippen LogP contribution in [0.15, 0.2) is 47.6 Å². The van der Waals surface area contributed by atoms with E-state index < -0.39 is 4.92 Å². The van der Waals surface area contributed by atoms with Crippen LogP contribution in [0.2, 0.25) is 0 Å². The van der Waals surface area contributed by atoms with Gasteiger partial charge in [0.1, 0.15) is 0 Å². The molecule has 0 unspecified atom stereocenters. The minimum absolute atomic E-state index is 0.0282. The highest BCUT2D eigenvalue weighted by atomic mass is 32.2. The molecule has 0 spiro atoms. The topological polar surface area (TPSA) is 130 Å². The second-order valence-corrected chi connectivity index (χ2v) is 6.56. The van der Waals surface area contributed by atoms with Crippen molar-refractivity contribution in [1.82, 2.24) is 9.97 Å². The number of carbonyl (C=O) groups excluding carboxylic acids is 2. The number of carbonyl (C=O) groups is 2. The standard InChI is InChI=1S/C17H15N5O4S/c1-10(23)18-11-3-2-4-12(7-11)19-16(24)9-27-17-20-14-6-5-13(22(25)26)8-15(14)21-17/h2-8H,9H2,1H3,(H,18,23)(H,19,24)(H,20,21). The van der Waals surface area contributed by atoms with Crippen LogP contribution in [0.1, 0.15) is 6.92 Å². The number of nitro benzene ring substituents is 1. The number of fused-ring (bicyclic) bond motifs is 1. The Morgan fingerprint density at radius 2 is 1.93 bits per heavy atom. The molecule has 0 radical (unpaired) electrons. The maximum atomic E-state index is 12.1. The van der Waals surface area contributed by atoms with E-state index in [4.69, 9.17) is 0 Å². The number of anilines is 2. The Morgan fingerprint density at radius 1 is 1.19 bits per heavy atom. The fraction of sp³-hybridized carbons (Fsp3) is 0.118. The molecule has 138 valence electrons. The van der Waals surface area contributed by atoms with Crippen molar-refractivity contribution >= 4 is 51.7 Å². The molecule has 0 atom stereocenters. The SMILES string of the molecule is CC(=O)Nc1cccc(NC(=O)CSc2nc3ccc([N+](=O)[O-])cc3[nH]2)c1. The fourth-order valence-electron chi connectivity index (χ4n) is 2.37. The van der Waals surface area contributed by atoms with E-state index in [2.05, 4.69) is 20.6 Å². The number of imidazole rings is 1. The average Bonchev–Trinajstić information content (AvgIpc) is 3.01. The second-order valence-electron chi connectivity index (χ2n) is 5.60. The Kier molecular flexibility index (Phi) is 5.36. The van der Waals surface area contributed by atoms with Gasteiger partial charge in [-0.25, -0.2) is 4.98 Å². The maximum Gasteiger partial charge on any atom is 0.271 e. The molecule has 1 aromatic heterocycles. The van der Waals surface area contributed by atoms with E-state index in [-0.39, 0.29) is 23.3 Å². The van der Waals surface area contributed by atoms with Gasteiger partial charge in [-0.3, -0.25) is 19.7 Å². The van der Waals surface area contributed by atoms with Crippen molar-refractivity contribution in [2.75, 3.05) is 16.4 Å². The molecular weight excluding hydrogens is 370 g/mol. The number of aromatic amines is 1. The van der Waals surface area contributed by atoms with E-state index >= 15 is 0 Å². The first-order valence-electron chi connectivity index (χ1n) is 7.85. The molecule has 3 rings (SSSR count). The number of H-pyrrole nitrogens is 1. The van der Waals surface area contributed by atoms with Gasteiger partial charge in [0, 0.05) is 30.4 Å². The number of aromatic nitrogens is 2. The molecule has 2 amide bonds. The maximum absolute atomic E-state index is 12.1. The van der Waals surface area contributed by atoms with E-state index in [0.29, 0.717) is 27.6 Å². The number of non-ortho nitro benzene ring substituents is 1. The minimum Gasteiger partial charge on any atom is -0.333 e. The number of benzene rings is 2. The van der Waals surface area contributed by atoms with E-state index in [1.54, 1.807) is 30.3 Å². The highest BCUT2D eigenvalue weighted by Crippen LogP contribution is 2.23. The van der Waals surface area contributed by atoms with Crippen molar-refractivity contribution in [1.29, 1.82) is 0 Å². The summed E-state index contributed by atoms with van der Waals surface area (Å²) in [5, 5.41) is 16.7. The summed E-state index contributed by atoms with van der Waals surface area (Å²) in [6.45, 7) is 1.41. The molecule has 0 fully saturated rings. The monoisotopic (exact) mass is 385 g/mol. The van der Waals surface area contributed by atoms with E-state index in [9.17, 15) is 19.7 Å².